The Labute approximate surface area is 180 Å². The van der Waals surface area contributed by atoms with Gasteiger partial charge >= 0.3 is 5.63 Å². The minimum Gasteiger partial charge on any atom is -0.422 e. The molecule has 4 heteroatoms. The summed E-state index contributed by atoms with van der Waals surface area (Å²) in [6.07, 6.45) is 0. The predicted octanol–water partition coefficient (Wildman–Crippen LogP) is 5.10. The van der Waals surface area contributed by atoms with E-state index in [2.05, 4.69) is 0 Å². The first kappa shape index (κ1) is 19.3. The molecule has 0 unspecified atom stereocenters. The van der Waals surface area contributed by atoms with Crippen molar-refractivity contribution >= 4 is 34.0 Å². The molecule has 0 aliphatic rings. The van der Waals surface area contributed by atoms with Crippen molar-refractivity contribution in [1.82, 2.24) is 0 Å². The van der Waals surface area contributed by atoms with Crippen molar-refractivity contribution in [2.45, 2.75) is 0 Å². The summed E-state index contributed by atoms with van der Waals surface area (Å²) in [6, 6.07) is 35.4. The van der Waals surface area contributed by atoms with Crippen LogP contribution in [0.1, 0.15) is 0 Å². The topological polar surface area (TPSA) is 47.3 Å². The highest BCUT2D eigenvalue weighted by atomic mass is 31.2. The molecule has 31 heavy (non-hydrogen) atoms. The highest BCUT2D eigenvalue weighted by Gasteiger charge is 2.36. The second-order valence-corrected chi connectivity index (χ2v) is 9.95. The number of benzene rings is 4. The molecule has 0 saturated carbocycles. The Morgan fingerprint density at radius 2 is 1.06 bits per heavy atom. The van der Waals surface area contributed by atoms with Gasteiger partial charge in [0.05, 0.1) is 0 Å². The quantitative estimate of drug-likeness (QED) is 0.299. The van der Waals surface area contributed by atoms with E-state index in [9.17, 15) is 4.79 Å². The van der Waals surface area contributed by atoms with Gasteiger partial charge in [-0.05, 0) is 11.6 Å². The van der Waals surface area contributed by atoms with Crippen molar-refractivity contribution < 1.29 is 8.98 Å². The Hall–Kier alpha value is -3.68. The average Bonchev–Trinajstić information content (AvgIpc) is 2.84. The minimum atomic E-state index is -3.53. The summed E-state index contributed by atoms with van der Waals surface area (Å²) < 4.78 is 20.7. The Kier molecular flexibility index (Phi) is 4.89. The van der Waals surface area contributed by atoms with Crippen molar-refractivity contribution in [1.29, 1.82) is 0 Å². The fourth-order valence-electron chi connectivity index (χ4n) is 4.01. The summed E-state index contributed by atoms with van der Waals surface area (Å²) in [5.41, 5.74) is 1.38. The summed E-state index contributed by atoms with van der Waals surface area (Å²) in [5, 5.41) is 2.16. The van der Waals surface area contributed by atoms with Crippen LogP contribution in [0.15, 0.2) is 124 Å². The molecule has 0 aliphatic heterocycles. The van der Waals surface area contributed by atoms with Crippen LogP contribution < -0.4 is 21.5 Å². The molecule has 0 bridgehead atoms. The third-order valence-electron chi connectivity index (χ3n) is 5.41. The first-order valence-electron chi connectivity index (χ1n) is 10.0. The first-order chi connectivity index (χ1) is 15.2. The smallest absolute Gasteiger partial charge is 0.348 e. The summed E-state index contributed by atoms with van der Waals surface area (Å²) in [5.74, 6) is 0. The molecule has 0 aliphatic carbocycles. The van der Waals surface area contributed by atoms with E-state index in [0.29, 0.717) is 21.8 Å². The number of fused-ring (bicyclic) bond motifs is 1. The molecule has 4 aromatic carbocycles. The summed E-state index contributed by atoms with van der Waals surface area (Å²) in [7, 11) is -3.53. The van der Waals surface area contributed by atoms with Crippen LogP contribution in [0, 0.1) is 0 Å². The van der Waals surface area contributed by atoms with Gasteiger partial charge < -0.3 is 8.98 Å². The molecule has 5 aromatic rings. The zero-order valence-corrected chi connectivity index (χ0v) is 17.5. The van der Waals surface area contributed by atoms with E-state index in [1.807, 2.05) is 109 Å². The van der Waals surface area contributed by atoms with Gasteiger partial charge in [-0.15, -0.1) is 0 Å². The first-order valence-corrected chi connectivity index (χ1v) is 11.7. The molecule has 0 atom stereocenters. The predicted molar refractivity (Wildman–Crippen MR) is 127 cm³/mol. The van der Waals surface area contributed by atoms with Crippen LogP contribution >= 0.6 is 7.14 Å². The zero-order valence-electron chi connectivity index (χ0n) is 16.6. The lowest BCUT2D eigenvalue weighted by molar-refractivity contribution is 0.563. The van der Waals surface area contributed by atoms with Gasteiger partial charge in [0.25, 0.3) is 0 Å². The fourth-order valence-corrected chi connectivity index (χ4v) is 6.87. The van der Waals surface area contributed by atoms with E-state index in [1.54, 1.807) is 6.07 Å². The van der Waals surface area contributed by atoms with Crippen LogP contribution in [0.2, 0.25) is 0 Å². The molecule has 0 fully saturated rings. The molecule has 1 aromatic heterocycles. The van der Waals surface area contributed by atoms with E-state index in [-0.39, 0.29) is 5.30 Å². The second-order valence-electron chi connectivity index (χ2n) is 7.26. The van der Waals surface area contributed by atoms with Gasteiger partial charge in [-0.3, -0.25) is 0 Å². The Balaban J connectivity index is 1.99. The van der Waals surface area contributed by atoms with Crippen molar-refractivity contribution in [2.75, 3.05) is 0 Å². The zero-order chi connectivity index (χ0) is 21.3. The van der Waals surface area contributed by atoms with Crippen LogP contribution in [0.3, 0.4) is 0 Å². The molecule has 0 spiro atoms. The highest BCUT2D eigenvalue weighted by molar-refractivity contribution is 7.85. The van der Waals surface area contributed by atoms with Gasteiger partial charge in [0.2, 0.25) is 0 Å². The van der Waals surface area contributed by atoms with Gasteiger partial charge in [-0.2, -0.15) is 0 Å². The maximum atomic E-state index is 15.0. The maximum Gasteiger partial charge on any atom is 0.348 e. The van der Waals surface area contributed by atoms with E-state index in [1.165, 1.54) is 0 Å². The van der Waals surface area contributed by atoms with Crippen LogP contribution in [0.4, 0.5) is 0 Å². The van der Waals surface area contributed by atoms with Gasteiger partial charge in [0.15, 0.2) is 7.14 Å². The number of rotatable bonds is 4. The normalized spacial score (nSPS) is 11.5. The molecule has 5 rings (SSSR count). The van der Waals surface area contributed by atoms with Crippen molar-refractivity contribution in [3.8, 4) is 11.1 Å². The lowest BCUT2D eigenvalue weighted by Gasteiger charge is -2.22. The molecule has 150 valence electrons. The van der Waals surface area contributed by atoms with Gasteiger partial charge in [0.1, 0.15) is 10.9 Å². The average molecular weight is 422 g/mol. The third-order valence-corrected chi connectivity index (χ3v) is 8.49. The van der Waals surface area contributed by atoms with E-state index >= 15 is 4.57 Å². The molecule has 0 radical (unpaired) electrons. The minimum absolute atomic E-state index is 0.204. The number of hydrogen-bond donors (Lipinski definition) is 0. The van der Waals surface area contributed by atoms with E-state index in [0.717, 1.165) is 10.9 Å². The lowest BCUT2D eigenvalue weighted by atomic mass is 10.0. The van der Waals surface area contributed by atoms with Crippen molar-refractivity contribution in [3.63, 3.8) is 0 Å². The van der Waals surface area contributed by atoms with Crippen LogP contribution in [0.25, 0.3) is 22.1 Å². The standard InChI is InChI=1S/C27H19O3P/c28-27-26(31(29,21-14-6-2-7-15-21)22-16-8-3-9-17-22)25(20-12-4-1-5-13-20)23-18-10-11-19-24(23)30-27/h1-19H. The molecule has 0 saturated heterocycles. The Morgan fingerprint density at radius 3 is 1.65 bits per heavy atom. The van der Waals surface area contributed by atoms with Crippen molar-refractivity contribution in [2.24, 2.45) is 0 Å². The highest BCUT2D eigenvalue weighted by Crippen LogP contribution is 2.45. The van der Waals surface area contributed by atoms with Crippen LogP contribution in [0.5, 0.6) is 0 Å². The van der Waals surface area contributed by atoms with Crippen LogP contribution in [-0.2, 0) is 4.57 Å². The second kappa shape index (κ2) is 7.86. The Bertz CT molecular complexity index is 1410. The lowest BCUT2D eigenvalue weighted by Crippen LogP contribution is -2.35. The third kappa shape index (κ3) is 3.24. The fraction of sp³-hybridized carbons (Fsp3) is 0. The van der Waals surface area contributed by atoms with Gasteiger partial charge in [0, 0.05) is 21.6 Å². The largest absolute Gasteiger partial charge is 0.422 e. The van der Waals surface area contributed by atoms with E-state index < -0.39 is 12.8 Å². The maximum absolute atomic E-state index is 15.0. The number of hydrogen-bond acceptors (Lipinski definition) is 3. The van der Waals surface area contributed by atoms with Crippen molar-refractivity contribution in [3.05, 3.63) is 126 Å². The molecular formula is C27H19O3P. The monoisotopic (exact) mass is 422 g/mol. The molecule has 0 N–H and O–H groups in total. The van der Waals surface area contributed by atoms with Gasteiger partial charge in [-0.1, -0.05) is 109 Å². The molecule has 1 heterocycles. The SMILES string of the molecule is O=c1oc2ccccc2c(-c2ccccc2)c1P(=O)(c1ccccc1)c1ccccc1. The number of para-hydroxylation sites is 1. The Morgan fingerprint density at radius 1 is 0.581 bits per heavy atom. The summed E-state index contributed by atoms with van der Waals surface area (Å²) in [4.78, 5) is 13.5. The molecule has 3 nitrogen and oxygen atoms in total. The summed E-state index contributed by atoms with van der Waals surface area (Å²) in [6.45, 7) is 0. The summed E-state index contributed by atoms with van der Waals surface area (Å²) >= 11 is 0. The van der Waals surface area contributed by atoms with Gasteiger partial charge in [-0.25, -0.2) is 4.79 Å². The van der Waals surface area contributed by atoms with Crippen LogP contribution in [-0.4, -0.2) is 0 Å². The molecular weight excluding hydrogens is 403 g/mol. The van der Waals surface area contributed by atoms with E-state index in [4.69, 9.17) is 4.42 Å². The molecule has 0 amide bonds.